The molecule has 2 fully saturated rings. The molecule has 9 nitrogen and oxygen atoms in total. The van der Waals surface area contributed by atoms with E-state index in [9.17, 15) is 4.79 Å². The van der Waals surface area contributed by atoms with Gasteiger partial charge in [0.15, 0.2) is 11.5 Å². The minimum Gasteiger partial charge on any atom is -0.493 e. The summed E-state index contributed by atoms with van der Waals surface area (Å²) in [5.74, 6) is 2.48. The molecule has 0 bridgehead atoms. The molecule has 3 heterocycles. The highest BCUT2D eigenvalue weighted by Gasteiger charge is 2.27. The molecule has 2 aliphatic rings. The standard InChI is InChI=1S/C25H37N5O4/c1-18-7-4-5-13-30(18)14-11-26-25(31)20-8-6-12-29(16-20)17-23-27-24(28-34-23)19-9-10-21(32-2)22(15-19)33-3/h9-10,15,18,20H,4-8,11-14,16-17H2,1-3H3,(H,26,31)/t18-,20+/m0/s1. The summed E-state index contributed by atoms with van der Waals surface area (Å²) in [6.45, 7) is 7.25. The first kappa shape index (κ1) is 24.5. The Morgan fingerprint density at radius 2 is 2.00 bits per heavy atom. The van der Waals surface area contributed by atoms with E-state index in [2.05, 4.69) is 32.2 Å². The molecule has 4 rings (SSSR count). The van der Waals surface area contributed by atoms with Crippen LogP contribution in [0, 0.1) is 5.92 Å². The molecule has 1 amide bonds. The summed E-state index contributed by atoms with van der Waals surface area (Å²) in [5.41, 5.74) is 0.798. The SMILES string of the molecule is COc1ccc(-c2noc(CN3CCC[C@@H](C(=O)NCCN4CCCC[C@@H]4C)C3)n2)cc1OC. The number of nitrogens with one attached hydrogen (secondary N) is 1. The average Bonchev–Trinajstić information content (AvgIpc) is 3.33. The zero-order valence-electron chi connectivity index (χ0n) is 20.6. The van der Waals surface area contributed by atoms with E-state index in [1.807, 2.05) is 18.2 Å². The fourth-order valence-electron chi connectivity index (χ4n) is 4.97. The topological polar surface area (TPSA) is 93.0 Å². The molecular formula is C25H37N5O4. The number of likely N-dealkylation sites (tertiary alicyclic amines) is 2. The van der Waals surface area contributed by atoms with E-state index in [0.29, 0.717) is 42.3 Å². The molecule has 0 aliphatic carbocycles. The van der Waals surface area contributed by atoms with Crippen LogP contribution in [0.3, 0.4) is 0 Å². The Hall–Kier alpha value is -2.65. The number of piperidine rings is 2. The molecule has 0 radical (unpaired) electrons. The molecule has 0 unspecified atom stereocenters. The molecule has 186 valence electrons. The van der Waals surface area contributed by atoms with Crippen molar-refractivity contribution in [3.05, 3.63) is 24.1 Å². The summed E-state index contributed by atoms with van der Waals surface area (Å²) in [6, 6.07) is 6.15. The molecule has 9 heteroatoms. The lowest BCUT2D eigenvalue weighted by molar-refractivity contribution is -0.126. The zero-order chi connectivity index (χ0) is 23.9. The van der Waals surface area contributed by atoms with Crippen LogP contribution in [0.2, 0.25) is 0 Å². The second-order valence-electron chi connectivity index (χ2n) is 9.33. The molecule has 2 aliphatic heterocycles. The second kappa shape index (κ2) is 11.7. The Labute approximate surface area is 201 Å². The second-order valence-corrected chi connectivity index (χ2v) is 9.33. The normalized spacial score (nSPS) is 21.9. The van der Waals surface area contributed by atoms with Crippen LogP contribution in [0.25, 0.3) is 11.4 Å². The van der Waals surface area contributed by atoms with Crippen LogP contribution in [0.1, 0.15) is 44.9 Å². The monoisotopic (exact) mass is 471 g/mol. The summed E-state index contributed by atoms with van der Waals surface area (Å²) in [7, 11) is 3.20. The summed E-state index contributed by atoms with van der Waals surface area (Å²) in [6.07, 6.45) is 5.74. The predicted octanol–water partition coefficient (Wildman–Crippen LogP) is 2.96. The van der Waals surface area contributed by atoms with Crippen LogP contribution in [-0.2, 0) is 11.3 Å². The van der Waals surface area contributed by atoms with E-state index in [1.165, 1.54) is 19.3 Å². The van der Waals surface area contributed by atoms with Crippen molar-refractivity contribution in [2.75, 3.05) is 46.9 Å². The highest BCUT2D eigenvalue weighted by molar-refractivity contribution is 5.78. The lowest BCUT2D eigenvalue weighted by atomic mass is 9.97. The van der Waals surface area contributed by atoms with Crippen LogP contribution in [0.5, 0.6) is 11.5 Å². The first-order valence-corrected chi connectivity index (χ1v) is 12.4. The number of amides is 1. The lowest BCUT2D eigenvalue weighted by Gasteiger charge is -2.34. The number of ether oxygens (including phenoxy) is 2. The molecule has 2 aromatic rings. The van der Waals surface area contributed by atoms with Crippen molar-refractivity contribution < 1.29 is 18.8 Å². The third-order valence-corrected chi connectivity index (χ3v) is 6.98. The number of methoxy groups -OCH3 is 2. The first-order chi connectivity index (χ1) is 16.6. The minimum absolute atomic E-state index is 0.000713. The van der Waals surface area contributed by atoms with Gasteiger partial charge < -0.3 is 19.3 Å². The van der Waals surface area contributed by atoms with Gasteiger partial charge in [-0.15, -0.1) is 0 Å². The van der Waals surface area contributed by atoms with Gasteiger partial charge >= 0.3 is 0 Å². The molecule has 2 atom stereocenters. The van der Waals surface area contributed by atoms with Gasteiger partial charge in [0.1, 0.15) is 0 Å². The number of benzene rings is 1. The maximum atomic E-state index is 12.8. The molecule has 34 heavy (non-hydrogen) atoms. The van der Waals surface area contributed by atoms with Crippen LogP contribution in [-0.4, -0.2) is 78.8 Å². The van der Waals surface area contributed by atoms with Crippen molar-refractivity contribution in [3.63, 3.8) is 0 Å². The number of carbonyl (C=O) groups is 1. The van der Waals surface area contributed by atoms with Gasteiger partial charge in [0.05, 0.1) is 26.7 Å². The zero-order valence-corrected chi connectivity index (χ0v) is 20.6. The highest BCUT2D eigenvalue weighted by Crippen LogP contribution is 2.31. The smallest absolute Gasteiger partial charge is 0.241 e. The van der Waals surface area contributed by atoms with Crippen molar-refractivity contribution in [1.82, 2.24) is 25.3 Å². The Bertz CT molecular complexity index is 949. The van der Waals surface area contributed by atoms with Crippen LogP contribution < -0.4 is 14.8 Å². The highest BCUT2D eigenvalue weighted by atomic mass is 16.5. The van der Waals surface area contributed by atoms with Crippen molar-refractivity contribution in [1.29, 1.82) is 0 Å². The number of hydrogen-bond donors (Lipinski definition) is 1. The molecular weight excluding hydrogens is 434 g/mol. The van der Waals surface area contributed by atoms with Crippen molar-refractivity contribution >= 4 is 5.91 Å². The lowest BCUT2D eigenvalue weighted by Crippen LogP contribution is -2.46. The summed E-state index contributed by atoms with van der Waals surface area (Å²) in [5, 5.41) is 7.30. The summed E-state index contributed by atoms with van der Waals surface area (Å²) in [4.78, 5) is 22.1. The van der Waals surface area contributed by atoms with E-state index in [0.717, 1.165) is 44.6 Å². The number of carbonyl (C=O) groups excluding carboxylic acids is 1. The van der Waals surface area contributed by atoms with Crippen molar-refractivity contribution in [2.45, 2.75) is 51.6 Å². The van der Waals surface area contributed by atoms with Crippen LogP contribution in [0.4, 0.5) is 0 Å². The maximum absolute atomic E-state index is 12.8. The molecule has 1 aromatic carbocycles. The number of nitrogens with zero attached hydrogens (tertiary/aromatic N) is 4. The predicted molar refractivity (Wildman–Crippen MR) is 129 cm³/mol. The summed E-state index contributed by atoms with van der Waals surface area (Å²) >= 11 is 0. The minimum atomic E-state index is 0.000713. The van der Waals surface area contributed by atoms with Gasteiger partial charge in [-0.3, -0.25) is 14.6 Å². The van der Waals surface area contributed by atoms with Gasteiger partial charge in [0.2, 0.25) is 17.6 Å². The van der Waals surface area contributed by atoms with Gasteiger partial charge in [0, 0.05) is 31.2 Å². The van der Waals surface area contributed by atoms with E-state index < -0.39 is 0 Å². The number of aromatic nitrogens is 2. The Balaban J connectivity index is 1.28. The largest absolute Gasteiger partial charge is 0.493 e. The quantitative estimate of drug-likeness (QED) is 0.597. The van der Waals surface area contributed by atoms with Crippen molar-refractivity contribution in [3.8, 4) is 22.9 Å². The average molecular weight is 472 g/mol. The van der Waals surface area contributed by atoms with Gasteiger partial charge in [-0.2, -0.15) is 4.98 Å². The molecule has 0 spiro atoms. The third kappa shape index (κ3) is 6.07. The first-order valence-electron chi connectivity index (χ1n) is 12.4. The van der Waals surface area contributed by atoms with E-state index in [1.54, 1.807) is 14.2 Å². The van der Waals surface area contributed by atoms with Gasteiger partial charge in [-0.25, -0.2) is 0 Å². The van der Waals surface area contributed by atoms with Crippen LogP contribution >= 0.6 is 0 Å². The Kier molecular flexibility index (Phi) is 8.39. The fraction of sp³-hybridized carbons (Fsp3) is 0.640. The van der Waals surface area contributed by atoms with Crippen molar-refractivity contribution in [2.24, 2.45) is 5.92 Å². The summed E-state index contributed by atoms with van der Waals surface area (Å²) < 4.78 is 16.2. The van der Waals surface area contributed by atoms with E-state index >= 15 is 0 Å². The fourth-order valence-corrected chi connectivity index (χ4v) is 4.97. The Morgan fingerprint density at radius 3 is 2.79 bits per heavy atom. The molecule has 0 saturated carbocycles. The van der Waals surface area contributed by atoms with Gasteiger partial charge in [-0.1, -0.05) is 11.6 Å². The maximum Gasteiger partial charge on any atom is 0.241 e. The van der Waals surface area contributed by atoms with Crippen LogP contribution in [0.15, 0.2) is 22.7 Å². The van der Waals surface area contributed by atoms with Gasteiger partial charge in [0.25, 0.3) is 0 Å². The van der Waals surface area contributed by atoms with Gasteiger partial charge in [-0.05, 0) is 63.9 Å². The number of rotatable bonds is 9. The molecule has 1 N–H and O–H groups in total. The molecule has 2 saturated heterocycles. The molecule has 1 aromatic heterocycles. The third-order valence-electron chi connectivity index (χ3n) is 6.98. The van der Waals surface area contributed by atoms with E-state index in [4.69, 9.17) is 14.0 Å². The number of hydrogen-bond acceptors (Lipinski definition) is 8. The van der Waals surface area contributed by atoms with E-state index in [-0.39, 0.29) is 11.8 Å². The Morgan fingerprint density at radius 1 is 1.15 bits per heavy atom.